The van der Waals surface area contributed by atoms with E-state index in [0.717, 1.165) is 10.6 Å². The van der Waals surface area contributed by atoms with E-state index in [1.54, 1.807) is 24.3 Å². The second-order valence-corrected chi connectivity index (χ2v) is 7.61. The molecule has 0 saturated carbocycles. The molecule has 0 unspecified atom stereocenters. The van der Waals surface area contributed by atoms with Crippen LogP contribution in [0, 0.1) is 6.92 Å². The van der Waals surface area contributed by atoms with E-state index in [0.29, 0.717) is 16.4 Å². The Morgan fingerprint density at radius 3 is 2.50 bits per heavy atom. The number of carbonyl (C=O) groups is 2. The third-order valence-electron chi connectivity index (χ3n) is 3.96. The Kier molecular flexibility index (Phi) is 6.44. The van der Waals surface area contributed by atoms with Crippen LogP contribution in [-0.4, -0.2) is 23.0 Å². The maximum Gasteiger partial charge on any atom is 0.312 e. The van der Waals surface area contributed by atoms with Crippen LogP contribution in [0.2, 0.25) is 5.02 Å². The standard InChI is InChI=1S/C21H19ClN2O3S/c1-13-3-5-15(6-4-13)21-24-18(12-28-21)11-19(25)27-14(2)20(26)23-17-9-7-16(22)8-10-17/h3-10,12,14H,11H2,1-2H3,(H,23,26)/t14-/m1/s1. The number of aryl methyl sites for hydroxylation is 1. The molecule has 7 heteroatoms. The van der Waals surface area contributed by atoms with Crippen LogP contribution in [0.1, 0.15) is 18.2 Å². The smallest absolute Gasteiger partial charge is 0.312 e. The highest BCUT2D eigenvalue weighted by molar-refractivity contribution is 7.13. The van der Waals surface area contributed by atoms with E-state index >= 15 is 0 Å². The first-order valence-corrected chi connectivity index (χ1v) is 9.94. The minimum Gasteiger partial charge on any atom is -0.452 e. The van der Waals surface area contributed by atoms with Crippen LogP contribution in [0.4, 0.5) is 5.69 Å². The molecule has 0 aliphatic heterocycles. The SMILES string of the molecule is Cc1ccc(-c2nc(CC(=O)O[C@H](C)C(=O)Nc3ccc(Cl)cc3)cs2)cc1. The van der Waals surface area contributed by atoms with E-state index in [1.807, 2.05) is 36.6 Å². The van der Waals surface area contributed by atoms with Gasteiger partial charge in [-0.1, -0.05) is 41.4 Å². The molecule has 0 radical (unpaired) electrons. The second-order valence-electron chi connectivity index (χ2n) is 6.32. The van der Waals surface area contributed by atoms with Crippen molar-refractivity contribution in [2.45, 2.75) is 26.4 Å². The molecule has 0 aliphatic rings. The van der Waals surface area contributed by atoms with E-state index in [-0.39, 0.29) is 6.42 Å². The van der Waals surface area contributed by atoms with Crippen LogP contribution >= 0.6 is 22.9 Å². The molecule has 1 atom stereocenters. The van der Waals surface area contributed by atoms with Crippen molar-refractivity contribution in [1.29, 1.82) is 0 Å². The summed E-state index contributed by atoms with van der Waals surface area (Å²) < 4.78 is 5.23. The highest BCUT2D eigenvalue weighted by Gasteiger charge is 2.19. The van der Waals surface area contributed by atoms with Crippen LogP contribution in [0.25, 0.3) is 10.6 Å². The first kappa shape index (κ1) is 20.0. The van der Waals surface area contributed by atoms with Gasteiger partial charge in [0.1, 0.15) is 5.01 Å². The summed E-state index contributed by atoms with van der Waals surface area (Å²) in [5.41, 5.74) is 3.39. The third-order valence-corrected chi connectivity index (χ3v) is 5.16. The topological polar surface area (TPSA) is 68.3 Å². The van der Waals surface area contributed by atoms with Gasteiger partial charge in [0.05, 0.1) is 12.1 Å². The Labute approximate surface area is 172 Å². The minimum absolute atomic E-state index is 0.0148. The van der Waals surface area contributed by atoms with Gasteiger partial charge in [-0.2, -0.15) is 0 Å². The minimum atomic E-state index is -0.918. The molecule has 0 saturated heterocycles. The fraction of sp³-hybridized carbons (Fsp3) is 0.190. The van der Waals surface area contributed by atoms with Crippen molar-refractivity contribution < 1.29 is 14.3 Å². The van der Waals surface area contributed by atoms with Gasteiger partial charge in [-0.25, -0.2) is 4.98 Å². The lowest BCUT2D eigenvalue weighted by Crippen LogP contribution is -2.30. The summed E-state index contributed by atoms with van der Waals surface area (Å²) >= 11 is 7.29. The molecule has 3 aromatic rings. The van der Waals surface area contributed by atoms with Gasteiger partial charge in [0, 0.05) is 21.7 Å². The van der Waals surface area contributed by atoms with Gasteiger partial charge in [0.15, 0.2) is 6.10 Å². The van der Waals surface area contributed by atoms with Gasteiger partial charge >= 0.3 is 5.97 Å². The molecule has 1 amide bonds. The summed E-state index contributed by atoms with van der Waals surface area (Å²) in [6.07, 6.45) is -0.903. The highest BCUT2D eigenvalue weighted by Crippen LogP contribution is 2.24. The molecule has 28 heavy (non-hydrogen) atoms. The van der Waals surface area contributed by atoms with Gasteiger partial charge in [0.2, 0.25) is 0 Å². The molecular weight excluding hydrogens is 396 g/mol. The maximum atomic E-state index is 12.2. The monoisotopic (exact) mass is 414 g/mol. The van der Waals surface area contributed by atoms with Crippen LogP contribution in [0.3, 0.4) is 0 Å². The number of amides is 1. The third kappa shape index (κ3) is 5.41. The molecule has 144 valence electrons. The number of anilines is 1. The number of hydrogen-bond acceptors (Lipinski definition) is 5. The normalized spacial score (nSPS) is 11.7. The van der Waals surface area contributed by atoms with E-state index in [1.165, 1.54) is 23.8 Å². The molecule has 1 N–H and O–H groups in total. The van der Waals surface area contributed by atoms with Crippen molar-refractivity contribution in [3.8, 4) is 10.6 Å². The average Bonchev–Trinajstić information content (AvgIpc) is 3.12. The zero-order valence-corrected chi connectivity index (χ0v) is 17.0. The van der Waals surface area contributed by atoms with Crippen molar-refractivity contribution in [2.75, 3.05) is 5.32 Å². The number of thiazole rings is 1. The number of nitrogens with one attached hydrogen (secondary N) is 1. The summed E-state index contributed by atoms with van der Waals surface area (Å²) in [4.78, 5) is 28.8. The average molecular weight is 415 g/mol. The Bertz CT molecular complexity index is 968. The van der Waals surface area contributed by atoms with Gasteiger partial charge < -0.3 is 10.1 Å². The number of benzene rings is 2. The molecule has 5 nitrogen and oxygen atoms in total. The molecule has 0 spiro atoms. The van der Waals surface area contributed by atoms with E-state index in [2.05, 4.69) is 10.3 Å². The largest absolute Gasteiger partial charge is 0.452 e. The van der Waals surface area contributed by atoms with Crippen LogP contribution in [0.15, 0.2) is 53.9 Å². The number of esters is 1. The number of ether oxygens (including phenoxy) is 1. The van der Waals surface area contributed by atoms with Gasteiger partial charge in [0.25, 0.3) is 5.91 Å². The number of hydrogen-bond donors (Lipinski definition) is 1. The highest BCUT2D eigenvalue weighted by atomic mass is 35.5. The first-order valence-electron chi connectivity index (χ1n) is 8.68. The first-order chi connectivity index (χ1) is 13.4. The van der Waals surface area contributed by atoms with Crippen molar-refractivity contribution >= 4 is 40.5 Å². The lowest BCUT2D eigenvalue weighted by atomic mass is 10.2. The summed E-state index contributed by atoms with van der Waals surface area (Å²) in [5.74, 6) is -0.909. The lowest BCUT2D eigenvalue weighted by molar-refractivity contribution is -0.152. The van der Waals surface area contributed by atoms with Crippen LogP contribution in [-0.2, 0) is 20.7 Å². The summed E-state index contributed by atoms with van der Waals surface area (Å²) in [5, 5.41) is 5.93. The molecule has 2 aromatic carbocycles. The number of carbonyl (C=O) groups excluding carboxylic acids is 2. The Morgan fingerprint density at radius 1 is 1.14 bits per heavy atom. The molecule has 1 aromatic heterocycles. The quantitative estimate of drug-likeness (QED) is 0.583. The molecule has 0 bridgehead atoms. The van der Waals surface area contributed by atoms with E-state index in [9.17, 15) is 9.59 Å². The Hall–Kier alpha value is -2.70. The second kappa shape index (κ2) is 8.99. The Balaban J connectivity index is 1.54. The summed E-state index contributed by atoms with van der Waals surface area (Å²) in [7, 11) is 0. The molecule has 1 heterocycles. The Morgan fingerprint density at radius 2 is 1.82 bits per heavy atom. The van der Waals surface area contributed by atoms with Crippen LogP contribution in [0.5, 0.6) is 0 Å². The number of nitrogens with zero attached hydrogens (tertiary/aromatic N) is 1. The molecule has 0 fully saturated rings. The fourth-order valence-corrected chi connectivity index (χ4v) is 3.39. The van der Waals surface area contributed by atoms with Crippen LogP contribution < -0.4 is 5.32 Å². The van der Waals surface area contributed by atoms with E-state index in [4.69, 9.17) is 16.3 Å². The fourth-order valence-electron chi connectivity index (χ4n) is 2.43. The predicted molar refractivity (Wildman–Crippen MR) is 112 cm³/mol. The summed E-state index contributed by atoms with van der Waals surface area (Å²) in [6, 6.07) is 14.7. The van der Waals surface area contributed by atoms with Gasteiger partial charge in [-0.15, -0.1) is 11.3 Å². The van der Waals surface area contributed by atoms with Crippen molar-refractivity contribution in [2.24, 2.45) is 0 Å². The summed E-state index contributed by atoms with van der Waals surface area (Å²) in [6.45, 7) is 3.55. The molecular formula is C21H19ClN2O3S. The molecule has 0 aliphatic carbocycles. The van der Waals surface area contributed by atoms with Crippen molar-refractivity contribution in [3.63, 3.8) is 0 Å². The number of rotatable bonds is 6. The zero-order chi connectivity index (χ0) is 20.1. The van der Waals surface area contributed by atoms with E-state index < -0.39 is 18.0 Å². The molecule has 3 rings (SSSR count). The van der Waals surface area contributed by atoms with Gasteiger partial charge in [-0.05, 0) is 38.1 Å². The lowest BCUT2D eigenvalue weighted by Gasteiger charge is -2.13. The maximum absolute atomic E-state index is 12.2. The number of halogens is 1. The van der Waals surface area contributed by atoms with Crippen molar-refractivity contribution in [3.05, 3.63) is 70.2 Å². The predicted octanol–water partition coefficient (Wildman–Crippen LogP) is 4.88. The van der Waals surface area contributed by atoms with Crippen molar-refractivity contribution in [1.82, 2.24) is 4.98 Å². The zero-order valence-electron chi connectivity index (χ0n) is 15.4. The van der Waals surface area contributed by atoms with Gasteiger partial charge in [-0.3, -0.25) is 9.59 Å². The number of aromatic nitrogens is 1.